The van der Waals surface area contributed by atoms with E-state index in [4.69, 9.17) is 0 Å². The number of ketones is 1. The largest absolute Gasteiger partial charge is 0.466 e. The molecule has 7 nitrogen and oxygen atoms in total. The molecule has 144 valence electrons. The number of nitrogens with zero attached hydrogens (tertiary/aromatic N) is 1. The first-order chi connectivity index (χ1) is 13.3. The van der Waals surface area contributed by atoms with E-state index in [0.29, 0.717) is 11.3 Å². The monoisotopic (exact) mass is 398 g/mol. The molecule has 0 spiro atoms. The van der Waals surface area contributed by atoms with E-state index in [-0.39, 0.29) is 17.1 Å². The standard InChI is InChI=1S/C20H18N2O5S/c1-27-17(23)13-16-19(24)18(14-9-5-3-6-10-14)20(21-28(2,25)26)22(16)15-11-7-4-8-12-15/h3-13,21H,1-2H3/b16-13+. The third-order valence-corrected chi connectivity index (χ3v) is 4.54. The van der Waals surface area contributed by atoms with Gasteiger partial charge < -0.3 is 4.74 Å². The van der Waals surface area contributed by atoms with Crippen LogP contribution in [0.25, 0.3) is 5.57 Å². The van der Waals surface area contributed by atoms with Crippen LogP contribution in [0.1, 0.15) is 5.56 Å². The Morgan fingerprint density at radius 2 is 1.61 bits per heavy atom. The Morgan fingerprint density at radius 3 is 2.14 bits per heavy atom. The summed E-state index contributed by atoms with van der Waals surface area (Å²) < 4.78 is 31.2. The Kier molecular flexibility index (Phi) is 5.32. The highest BCUT2D eigenvalue weighted by atomic mass is 32.2. The van der Waals surface area contributed by atoms with Gasteiger partial charge in [-0.3, -0.25) is 14.4 Å². The lowest BCUT2D eigenvalue weighted by atomic mass is 10.0. The van der Waals surface area contributed by atoms with Gasteiger partial charge in [0, 0.05) is 5.69 Å². The average molecular weight is 398 g/mol. The number of benzene rings is 2. The SMILES string of the molecule is COC(=O)/C=C1\C(=O)C(c2ccccc2)=C(NS(C)(=O)=O)N1c1ccccc1. The van der Waals surface area contributed by atoms with Crippen molar-refractivity contribution >= 4 is 33.0 Å². The first-order valence-electron chi connectivity index (χ1n) is 8.29. The second-order valence-corrected chi connectivity index (χ2v) is 7.77. The quantitative estimate of drug-likeness (QED) is 0.612. The maximum atomic E-state index is 13.2. The van der Waals surface area contributed by atoms with E-state index >= 15 is 0 Å². The van der Waals surface area contributed by atoms with Gasteiger partial charge in [0.15, 0.2) is 0 Å². The van der Waals surface area contributed by atoms with Crippen LogP contribution in [0.4, 0.5) is 5.69 Å². The molecule has 0 bridgehead atoms. The maximum absolute atomic E-state index is 13.2. The molecule has 0 fully saturated rings. The van der Waals surface area contributed by atoms with Gasteiger partial charge in [0.05, 0.1) is 25.0 Å². The number of nitrogens with one attached hydrogen (secondary N) is 1. The molecule has 1 heterocycles. The van der Waals surface area contributed by atoms with Gasteiger partial charge in [-0.05, 0) is 17.7 Å². The number of hydrogen-bond donors (Lipinski definition) is 1. The Bertz CT molecular complexity index is 1070. The molecule has 0 aliphatic carbocycles. The first kappa shape index (κ1) is 19.4. The Hall–Kier alpha value is -3.39. The van der Waals surface area contributed by atoms with Crippen LogP contribution < -0.4 is 9.62 Å². The number of methoxy groups -OCH3 is 1. The zero-order valence-electron chi connectivity index (χ0n) is 15.2. The number of carbonyl (C=O) groups excluding carboxylic acids is 2. The lowest BCUT2D eigenvalue weighted by molar-refractivity contribution is -0.135. The summed E-state index contributed by atoms with van der Waals surface area (Å²) in [5.41, 5.74) is 1.17. The average Bonchev–Trinajstić information content (AvgIpc) is 2.92. The normalized spacial score (nSPS) is 15.9. The summed E-state index contributed by atoms with van der Waals surface area (Å²) in [5.74, 6) is -1.16. The highest BCUT2D eigenvalue weighted by Crippen LogP contribution is 2.37. The topological polar surface area (TPSA) is 92.8 Å². The second kappa shape index (κ2) is 7.69. The number of sulfonamides is 1. The molecule has 1 N–H and O–H groups in total. The molecule has 2 aromatic carbocycles. The van der Waals surface area contributed by atoms with Crippen LogP contribution >= 0.6 is 0 Å². The molecular formula is C20H18N2O5S. The first-order valence-corrected chi connectivity index (χ1v) is 10.2. The van der Waals surface area contributed by atoms with Crippen molar-refractivity contribution in [1.29, 1.82) is 0 Å². The fraction of sp³-hybridized carbons (Fsp3) is 0.100. The van der Waals surface area contributed by atoms with Crippen LogP contribution in [0, 0.1) is 0 Å². The number of hydrogen-bond acceptors (Lipinski definition) is 6. The lowest BCUT2D eigenvalue weighted by Crippen LogP contribution is -2.32. The molecule has 0 radical (unpaired) electrons. The van der Waals surface area contributed by atoms with Gasteiger partial charge in [0.2, 0.25) is 15.8 Å². The van der Waals surface area contributed by atoms with Crippen molar-refractivity contribution in [3.63, 3.8) is 0 Å². The fourth-order valence-corrected chi connectivity index (χ4v) is 3.40. The highest BCUT2D eigenvalue weighted by Gasteiger charge is 2.38. The van der Waals surface area contributed by atoms with E-state index in [1.165, 1.54) is 12.0 Å². The van der Waals surface area contributed by atoms with Gasteiger partial charge in [0.25, 0.3) is 0 Å². The van der Waals surface area contributed by atoms with E-state index in [1.807, 2.05) is 0 Å². The van der Waals surface area contributed by atoms with Crippen LogP contribution in [0.5, 0.6) is 0 Å². The van der Waals surface area contributed by atoms with Gasteiger partial charge in [-0.2, -0.15) is 0 Å². The number of esters is 1. The summed E-state index contributed by atoms with van der Waals surface area (Å²) in [6.07, 6.45) is 2.05. The summed E-state index contributed by atoms with van der Waals surface area (Å²) in [6, 6.07) is 17.3. The molecule has 0 unspecified atom stereocenters. The van der Waals surface area contributed by atoms with E-state index in [0.717, 1.165) is 12.3 Å². The van der Waals surface area contributed by atoms with E-state index in [9.17, 15) is 18.0 Å². The number of Topliss-reactive ketones (excluding diaryl/α,β-unsaturated/α-hetero) is 1. The number of rotatable bonds is 5. The van der Waals surface area contributed by atoms with Gasteiger partial charge >= 0.3 is 5.97 Å². The van der Waals surface area contributed by atoms with Gasteiger partial charge in [-0.15, -0.1) is 0 Å². The summed E-state index contributed by atoms with van der Waals surface area (Å²) >= 11 is 0. The Morgan fingerprint density at radius 1 is 1.04 bits per heavy atom. The van der Waals surface area contributed by atoms with Crippen molar-refractivity contribution in [1.82, 2.24) is 4.72 Å². The smallest absolute Gasteiger partial charge is 0.332 e. The summed E-state index contributed by atoms with van der Waals surface area (Å²) in [7, 11) is -2.51. The third kappa shape index (κ3) is 3.96. The van der Waals surface area contributed by atoms with Crippen molar-refractivity contribution < 1.29 is 22.7 Å². The Labute approximate surface area is 163 Å². The maximum Gasteiger partial charge on any atom is 0.332 e. The molecule has 2 aromatic rings. The minimum atomic E-state index is -3.72. The number of anilines is 1. The summed E-state index contributed by atoms with van der Waals surface area (Å²) in [4.78, 5) is 26.5. The van der Waals surface area contributed by atoms with Crippen LogP contribution in [-0.2, 0) is 24.3 Å². The minimum absolute atomic E-state index is 0.0111. The molecular weight excluding hydrogens is 380 g/mol. The van der Waals surface area contributed by atoms with Gasteiger partial charge in [-0.1, -0.05) is 48.5 Å². The fourth-order valence-electron chi connectivity index (χ4n) is 2.86. The molecule has 0 aromatic heterocycles. The van der Waals surface area contributed by atoms with Crippen molar-refractivity contribution in [2.24, 2.45) is 0 Å². The predicted molar refractivity (Wildman–Crippen MR) is 105 cm³/mol. The zero-order valence-corrected chi connectivity index (χ0v) is 16.1. The molecule has 0 saturated carbocycles. The molecule has 0 saturated heterocycles. The number of allylic oxidation sites excluding steroid dienone is 1. The second-order valence-electron chi connectivity index (χ2n) is 6.02. The minimum Gasteiger partial charge on any atom is -0.466 e. The Balaban J connectivity index is 2.30. The number of ether oxygens (including phenoxy) is 1. The number of para-hydroxylation sites is 1. The number of carbonyl (C=O) groups is 2. The van der Waals surface area contributed by atoms with Crippen LogP contribution in [0.2, 0.25) is 0 Å². The van der Waals surface area contributed by atoms with E-state index in [1.54, 1.807) is 60.7 Å². The van der Waals surface area contributed by atoms with E-state index in [2.05, 4.69) is 9.46 Å². The van der Waals surface area contributed by atoms with Crippen molar-refractivity contribution in [3.8, 4) is 0 Å². The summed E-state index contributed by atoms with van der Waals surface area (Å²) in [6.45, 7) is 0. The lowest BCUT2D eigenvalue weighted by Gasteiger charge is -2.23. The highest BCUT2D eigenvalue weighted by molar-refractivity contribution is 7.88. The molecule has 3 rings (SSSR count). The molecule has 1 aliphatic rings. The van der Waals surface area contributed by atoms with Crippen LogP contribution in [-0.4, -0.2) is 33.5 Å². The van der Waals surface area contributed by atoms with Crippen LogP contribution in [0.3, 0.4) is 0 Å². The predicted octanol–water partition coefficient (Wildman–Crippen LogP) is 2.05. The molecule has 0 amide bonds. The van der Waals surface area contributed by atoms with Crippen molar-refractivity contribution in [2.45, 2.75) is 0 Å². The molecule has 28 heavy (non-hydrogen) atoms. The van der Waals surface area contributed by atoms with E-state index < -0.39 is 21.8 Å². The zero-order chi connectivity index (χ0) is 20.3. The van der Waals surface area contributed by atoms with Gasteiger partial charge in [0.1, 0.15) is 11.5 Å². The van der Waals surface area contributed by atoms with Crippen molar-refractivity contribution in [3.05, 3.63) is 83.8 Å². The third-order valence-electron chi connectivity index (χ3n) is 3.98. The molecule has 8 heteroatoms. The van der Waals surface area contributed by atoms with Crippen LogP contribution in [0.15, 0.2) is 78.3 Å². The molecule has 0 atom stereocenters. The summed E-state index contributed by atoms with van der Waals surface area (Å²) in [5, 5.41) is 0. The molecule has 1 aliphatic heterocycles. The van der Waals surface area contributed by atoms with Gasteiger partial charge in [-0.25, -0.2) is 13.2 Å². The van der Waals surface area contributed by atoms with Crippen molar-refractivity contribution in [2.75, 3.05) is 18.3 Å².